The number of nitrogens with zero attached hydrogens (tertiary/aromatic N) is 3. The normalized spacial score (nSPS) is 15.9. The summed E-state index contributed by atoms with van der Waals surface area (Å²) >= 11 is 0. The highest BCUT2D eigenvalue weighted by molar-refractivity contribution is 5.78. The van der Waals surface area contributed by atoms with Gasteiger partial charge < -0.3 is 14.8 Å². The molecule has 1 amide bonds. The van der Waals surface area contributed by atoms with Crippen molar-refractivity contribution in [2.45, 2.75) is 45.2 Å². The van der Waals surface area contributed by atoms with Crippen LogP contribution in [0.2, 0.25) is 0 Å². The number of hydrogen-bond donors (Lipinski definition) is 1. The van der Waals surface area contributed by atoms with Crippen molar-refractivity contribution < 1.29 is 13.6 Å². The molecule has 2 aromatic carbocycles. The molecule has 2 aliphatic rings. The maximum atomic E-state index is 13.5. The third-order valence-electron chi connectivity index (χ3n) is 6.54. The van der Waals surface area contributed by atoms with Crippen LogP contribution in [0.15, 0.2) is 48.5 Å². The van der Waals surface area contributed by atoms with E-state index in [1.54, 1.807) is 24.3 Å². The Morgan fingerprint density at radius 1 is 1.00 bits per heavy atom. The fraction of sp³-hybridized carbons (Fsp3) is 0.360. The second-order valence-electron chi connectivity index (χ2n) is 8.67. The molecule has 0 spiro atoms. The molecule has 1 N–H and O–H groups in total. The van der Waals surface area contributed by atoms with Gasteiger partial charge in [0.1, 0.15) is 29.0 Å². The number of anilines is 2. The van der Waals surface area contributed by atoms with Crippen LogP contribution in [-0.2, 0) is 17.9 Å². The van der Waals surface area contributed by atoms with Crippen LogP contribution in [0.4, 0.5) is 20.3 Å². The summed E-state index contributed by atoms with van der Waals surface area (Å²) in [5, 5.41) is 3.36. The van der Waals surface area contributed by atoms with Crippen LogP contribution in [0.3, 0.4) is 0 Å². The summed E-state index contributed by atoms with van der Waals surface area (Å²) < 4.78 is 28.9. The minimum Gasteiger partial charge on any atom is -0.340 e. The topological polar surface area (TPSA) is 50.2 Å². The Bertz CT molecular complexity index is 1100. The van der Waals surface area contributed by atoms with Gasteiger partial charge in [-0.05, 0) is 60.9 Å². The van der Waals surface area contributed by atoms with E-state index in [9.17, 15) is 13.6 Å². The van der Waals surface area contributed by atoms with Crippen molar-refractivity contribution in [3.8, 4) is 11.3 Å². The first-order valence-electron chi connectivity index (χ1n) is 11.2. The lowest BCUT2D eigenvalue weighted by Crippen LogP contribution is -2.38. The summed E-state index contributed by atoms with van der Waals surface area (Å²) in [6.45, 7) is 1.68. The zero-order chi connectivity index (χ0) is 22.1. The molecule has 0 unspecified atom stereocenters. The fourth-order valence-electron chi connectivity index (χ4n) is 4.42. The highest BCUT2D eigenvalue weighted by Crippen LogP contribution is 2.34. The van der Waals surface area contributed by atoms with E-state index in [-0.39, 0.29) is 17.5 Å². The molecule has 0 bridgehead atoms. The number of rotatable bonds is 6. The Morgan fingerprint density at radius 3 is 2.34 bits per heavy atom. The third kappa shape index (κ3) is 4.24. The van der Waals surface area contributed by atoms with Gasteiger partial charge in [-0.2, -0.15) is 0 Å². The Balaban J connectivity index is 1.42. The van der Waals surface area contributed by atoms with E-state index in [4.69, 9.17) is 4.98 Å². The van der Waals surface area contributed by atoms with Crippen LogP contribution in [0.1, 0.15) is 37.9 Å². The molecule has 166 valence electrons. The van der Waals surface area contributed by atoms with Crippen molar-refractivity contribution in [2.75, 3.05) is 11.9 Å². The van der Waals surface area contributed by atoms with Crippen molar-refractivity contribution in [2.24, 2.45) is 5.92 Å². The first-order valence-corrected chi connectivity index (χ1v) is 11.2. The summed E-state index contributed by atoms with van der Waals surface area (Å²) in [5.74, 6) is 1.83. The molecule has 1 aliphatic carbocycles. The quantitative estimate of drug-likeness (QED) is 0.556. The molecule has 0 atom stereocenters. The highest BCUT2D eigenvalue weighted by atomic mass is 19.1. The van der Waals surface area contributed by atoms with Crippen LogP contribution in [-0.4, -0.2) is 26.9 Å². The van der Waals surface area contributed by atoms with E-state index >= 15 is 0 Å². The Hall–Kier alpha value is -3.22. The van der Waals surface area contributed by atoms with Gasteiger partial charge in [-0.3, -0.25) is 4.79 Å². The molecule has 1 saturated carbocycles. The largest absolute Gasteiger partial charge is 0.340 e. The van der Waals surface area contributed by atoms with Gasteiger partial charge in [0.05, 0.1) is 6.54 Å². The van der Waals surface area contributed by atoms with Gasteiger partial charge in [-0.1, -0.05) is 19.3 Å². The standard InChI is InChI=1S/C25H26F2N4O/c26-19-7-5-18(6-8-19)24-25(28-21-11-9-20(27)10-12-21)31-15-14-30(16-22(31)29-24)23(32)13-4-17-2-1-3-17/h5-12,17,28H,1-4,13-16H2. The predicted octanol–water partition coefficient (Wildman–Crippen LogP) is 5.49. The van der Waals surface area contributed by atoms with Crippen molar-refractivity contribution in [3.63, 3.8) is 0 Å². The molecule has 5 nitrogen and oxygen atoms in total. The number of halogens is 2. The SMILES string of the molecule is O=C(CCC1CCC1)N1CCn2c(nc(-c3ccc(F)cc3)c2Nc2ccc(F)cc2)C1. The maximum Gasteiger partial charge on any atom is 0.223 e. The molecular weight excluding hydrogens is 410 g/mol. The highest BCUT2D eigenvalue weighted by Gasteiger charge is 2.28. The molecule has 0 saturated heterocycles. The number of benzene rings is 2. The van der Waals surface area contributed by atoms with Crippen LogP contribution in [0, 0.1) is 17.6 Å². The number of carbonyl (C=O) groups excluding carboxylic acids is 1. The molecule has 0 radical (unpaired) electrons. The van der Waals surface area contributed by atoms with E-state index in [0.29, 0.717) is 37.7 Å². The molecule has 5 rings (SSSR count). The Labute approximate surface area is 186 Å². The van der Waals surface area contributed by atoms with Crippen molar-refractivity contribution in [1.82, 2.24) is 14.5 Å². The van der Waals surface area contributed by atoms with Gasteiger partial charge in [0, 0.05) is 30.8 Å². The summed E-state index contributed by atoms with van der Waals surface area (Å²) in [6.07, 6.45) is 5.35. The zero-order valence-corrected chi connectivity index (χ0v) is 17.9. The Morgan fingerprint density at radius 2 is 1.69 bits per heavy atom. The second-order valence-corrected chi connectivity index (χ2v) is 8.67. The first-order chi connectivity index (χ1) is 15.6. The predicted molar refractivity (Wildman–Crippen MR) is 119 cm³/mol. The molecule has 2 heterocycles. The van der Waals surface area contributed by atoms with Crippen LogP contribution in [0.5, 0.6) is 0 Å². The fourth-order valence-corrected chi connectivity index (χ4v) is 4.42. The molecule has 32 heavy (non-hydrogen) atoms. The molecule has 3 aromatic rings. The number of imidazole rings is 1. The van der Waals surface area contributed by atoms with E-state index in [1.165, 1.54) is 43.5 Å². The van der Waals surface area contributed by atoms with Crippen LogP contribution >= 0.6 is 0 Å². The average Bonchev–Trinajstić information content (AvgIpc) is 3.12. The Kier molecular flexibility index (Phi) is 5.64. The molecule has 1 aromatic heterocycles. The van der Waals surface area contributed by atoms with Crippen LogP contribution < -0.4 is 5.32 Å². The number of nitrogens with one attached hydrogen (secondary N) is 1. The van der Waals surface area contributed by atoms with Gasteiger partial charge in [0.15, 0.2) is 0 Å². The van der Waals surface area contributed by atoms with Crippen molar-refractivity contribution >= 4 is 17.4 Å². The van der Waals surface area contributed by atoms with Crippen molar-refractivity contribution in [1.29, 1.82) is 0 Å². The van der Waals surface area contributed by atoms with Gasteiger partial charge in [0.2, 0.25) is 5.91 Å². The molecule has 1 fully saturated rings. The minimum absolute atomic E-state index is 0.183. The monoisotopic (exact) mass is 436 g/mol. The molecular formula is C25H26F2N4O. The third-order valence-corrected chi connectivity index (χ3v) is 6.54. The number of fused-ring (bicyclic) bond motifs is 1. The van der Waals surface area contributed by atoms with E-state index in [2.05, 4.69) is 9.88 Å². The minimum atomic E-state index is -0.311. The van der Waals surface area contributed by atoms with Gasteiger partial charge in [-0.15, -0.1) is 0 Å². The second kappa shape index (κ2) is 8.73. The number of aromatic nitrogens is 2. The van der Waals surface area contributed by atoms with Gasteiger partial charge in [0.25, 0.3) is 0 Å². The smallest absolute Gasteiger partial charge is 0.223 e. The summed E-state index contributed by atoms with van der Waals surface area (Å²) in [6, 6.07) is 12.3. The molecule has 1 aliphatic heterocycles. The number of carbonyl (C=O) groups is 1. The lowest BCUT2D eigenvalue weighted by Gasteiger charge is -2.30. The van der Waals surface area contributed by atoms with Gasteiger partial charge >= 0.3 is 0 Å². The molecule has 7 heteroatoms. The van der Waals surface area contributed by atoms with E-state index in [0.717, 1.165) is 29.3 Å². The van der Waals surface area contributed by atoms with E-state index in [1.807, 2.05) is 4.90 Å². The maximum absolute atomic E-state index is 13.5. The zero-order valence-electron chi connectivity index (χ0n) is 17.9. The summed E-state index contributed by atoms with van der Waals surface area (Å²) in [7, 11) is 0. The van der Waals surface area contributed by atoms with E-state index < -0.39 is 0 Å². The summed E-state index contributed by atoms with van der Waals surface area (Å²) in [5.41, 5.74) is 2.20. The first kappa shape index (κ1) is 20.7. The summed E-state index contributed by atoms with van der Waals surface area (Å²) in [4.78, 5) is 19.5. The lowest BCUT2D eigenvalue weighted by molar-refractivity contribution is -0.133. The number of amides is 1. The average molecular weight is 437 g/mol. The lowest BCUT2D eigenvalue weighted by atomic mass is 9.82. The van der Waals surface area contributed by atoms with Crippen LogP contribution in [0.25, 0.3) is 11.3 Å². The van der Waals surface area contributed by atoms with Gasteiger partial charge in [-0.25, -0.2) is 13.8 Å². The number of hydrogen-bond acceptors (Lipinski definition) is 3. The van der Waals surface area contributed by atoms with Crippen molar-refractivity contribution in [3.05, 3.63) is 66.0 Å².